The summed E-state index contributed by atoms with van der Waals surface area (Å²) >= 11 is 4.73. The van der Waals surface area contributed by atoms with E-state index in [0.29, 0.717) is 9.67 Å². The van der Waals surface area contributed by atoms with Gasteiger partial charge in [0.1, 0.15) is 11.4 Å². The highest BCUT2D eigenvalue weighted by molar-refractivity contribution is 14.1. The lowest BCUT2D eigenvalue weighted by Gasteiger charge is -2.18. The van der Waals surface area contributed by atoms with Crippen LogP contribution in [-0.4, -0.2) is 16.2 Å². The van der Waals surface area contributed by atoms with E-state index in [2.05, 4.69) is 45.2 Å². The van der Waals surface area contributed by atoms with Gasteiger partial charge in [-0.25, -0.2) is 4.79 Å². The van der Waals surface area contributed by atoms with E-state index in [9.17, 15) is 4.79 Å². The summed E-state index contributed by atoms with van der Waals surface area (Å²) < 4.78 is 11.7. The second-order valence-corrected chi connectivity index (χ2v) is 7.14. The van der Waals surface area contributed by atoms with Crippen LogP contribution in [0.4, 0.5) is 4.79 Å². The van der Waals surface area contributed by atoms with Crippen molar-refractivity contribution in [3.05, 3.63) is 29.8 Å². The number of hydrogen-bond donors (Lipinski definition) is 0. The van der Waals surface area contributed by atoms with Gasteiger partial charge in [-0.05, 0) is 38.5 Å². The lowest BCUT2D eigenvalue weighted by Crippen LogP contribution is -2.25. The van der Waals surface area contributed by atoms with Crippen LogP contribution in [0.1, 0.15) is 30.3 Å². The van der Waals surface area contributed by atoms with Crippen molar-refractivity contribution in [2.24, 2.45) is 0 Å². The Hall–Kier alpha value is -0.0500. The second kappa shape index (κ2) is 6.93. The number of ether oxygens (including phenoxy) is 2. The summed E-state index contributed by atoms with van der Waals surface area (Å²) in [5, 5.41) is 0. The fourth-order valence-electron chi connectivity index (χ4n) is 1.20. The summed E-state index contributed by atoms with van der Waals surface area (Å²) in [6.45, 7) is 5.41. The molecule has 0 amide bonds. The van der Waals surface area contributed by atoms with E-state index < -0.39 is 11.8 Å². The molecule has 18 heavy (non-hydrogen) atoms. The van der Waals surface area contributed by atoms with Crippen LogP contribution in [0, 0.1) is 0 Å². The molecule has 0 radical (unpaired) electrons. The van der Waals surface area contributed by atoms with E-state index in [4.69, 9.17) is 9.47 Å². The molecule has 0 aliphatic heterocycles. The summed E-state index contributed by atoms with van der Waals surface area (Å²) in [5.74, 6) is 0.505. The minimum atomic E-state index is -0.671. The second-order valence-electron chi connectivity index (χ2n) is 4.76. The van der Waals surface area contributed by atoms with E-state index in [-0.39, 0.29) is 0 Å². The molecule has 1 aromatic carbocycles. The fourth-order valence-corrected chi connectivity index (χ4v) is 2.12. The largest absolute Gasteiger partial charge is 0.514 e. The highest BCUT2D eigenvalue weighted by atomic mass is 127. The number of rotatable bonds is 3. The molecule has 5 heteroatoms. The third-order valence-corrected chi connectivity index (χ3v) is 5.69. The molecule has 0 aromatic heterocycles. The molecule has 3 nitrogen and oxygen atoms in total. The lowest BCUT2D eigenvalue weighted by molar-refractivity contribution is 0.0206. The molecule has 0 N–H and O–H groups in total. The van der Waals surface area contributed by atoms with E-state index in [1.54, 1.807) is 32.9 Å². The zero-order valence-electron chi connectivity index (χ0n) is 10.6. The Bertz CT molecular complexity index is 396. The Kier molecular flexibility index (Phi) is 6.16. The van der Waals surface area contributed by atoms with E-state index >= 15 is 0 Å². The quantitative estimate of drug-likeness (QED) is 0.271. The molecule has 1 aromatic rings. The zero-order valence-corrected chi connectivity index (χ0v) is 14.9. The van der Waals surface area contributed by atoms with E-state index in [1.165, 1.54) is 5.56 Å². The number of carbonyl (C=O) groups is 1. The van der Waals surface area contributed by atoms with Crippen molar-refractivity contribution in [1.82, 2.24) is 0 Å². The van der Waals surface area contributed by atoms with Gasteiger partial charge in [0, 0.05) is 8.35 Å². The Morgan fingerprint density at radius 3 is 2.28 bits per heavy atom. The van der Waals surface area contributed by atoms with Gasteiger partial charge in [-0.15, -0.1) is 0 Å². The maximum absolute atomic E-state index is 11.5. The molecule has 1 atom stereocenters. The van der Waals surface area contributed by atoms with Gasteiger partial charge in [-0.3, -0.25) is 0 Å². The first-order valence-electron chi connectivity index (χ1n) is 5.52. The summed E-state index contributed by atoms with van der Waals surface area (Å²) in [4.78, 5) is 11.5. The predicted molar refractivity (Wildman–Crippen MR) is 89.0 cm³/mol. The van der Waals surface area contributed by atoms with Crippen LogP contribution in [0.15, 0.2) is 24.3 Å². The molecule has 0 aliphatic rings. The molecule has 0 aliphatic carbocycles. The first kappa shape index (κ1) is 16.0. The van der Waals surface area contributed by atoms with Crippen LogP contribution >= 0.6 is 45.2 Å². The maximum atomic E-state index is 11.5. The molecular formula is C13H16I2O3. The molecule has 1 rings (SSSR count). The Labute approximate surface area is 135 Å². The van der Waals surface area contributed by atoms with Crippen molar-refractivity contribution in [2.45, 2.75) is 30.3 Å². The van der Waals surface area contributed by atoms with Crippen molar-refractivity contribution in [3.8, 4) is 5.75 Å². The van der Waals surface area contributed by atoms with Gasteiger partial charge in [0.2, 0.25) is 0 Å². The first-order valence-corrected chi connectivity index (χ1v) is 8.30. The fraction of sp³-hybridized carbons (Fsp3) is 0.462. The third kappa shape index (κ3) is 5.73. The first-order chi connectivity index (χ1) is 8.31. The minimum Gasteiger partial charge on any atom is -0.428 e. The number of benzene rings is 1. The normalized spacial score (nSPS) is 12.9. The molecule has 0 saturated heterocycles. The number of halogens is 2. The summed E-state index contributed by atoms with van der Waals surface area (Å²) in [6.07, 6.45) is -0.671. The molecule has 1 unspecified atom stereocenters. The molecule has 0 spiro atoms. The van der Waals surface area contributed by atoms with Gasteiger partial charge in [0.05, 0.1) is 0 Å². The number of hydrogen-bond acceptors (Lipinski definition) is 3. The smallest absolute Gasteiger partial charge is 0.428 e. The van der Waals surface area contributed by atoms with Crippen molar-refractivity contribution < 1.29 is 14.3 Å². The van der Waals surface area contributed by atoms with Gasteiger partial charge >= 0.3 is 6.16 Å². The zero-order chi connectivity index (χ0) is 13.8. The molecule has 0 bridgehead atoms. The van der Waals surface area contributed by atoms with Crippen LogP contribution < -0.4 is 4.74 Å². The standard InChI is InChI=1S/C13H16I2O3/c1-13(2,3)18-12(16)17-10-6-4-9(5-7-10)11(15)8-14/h4-7,11H,8H2,1-3H3. The van der Waals surface area contributed by atoms with Crippen molar-refractivity contribution >= 4 is 51.3 Å². The van der Waals surface area contributed by atoms with Gasteiger partial charge in [-0.2, -0.15) is 0 Å². The van der Waals surface area contributed by atoms with Gasteiger partial charge in [-0.1, -0.05) is 57.3 Å². The Morgan fingerprint density at radius 1 is 1.28 bits per heavy atom. The summed E-state index contributed by atoms with van der Waals surface area (Å²) in [7, 11) is 0. The van der Waals surface area contributed by atoms with Crippen molar-refractivity contribution in [3.63, 3.8) is 0 Å². The highest BCUT2D eigenvalue weighted by Gasteiger charge is 2.18. The molecule has 0 heterocycles. The molecule has 0 fully saturated rings. The van der Waals surface area contributed by atoms with Gasteiger partial charge in [0.15, 0.2) is 0 Å². The monoisotopic (exact) mass is 474 g/mol. The summed E-state index contributed by atoms with van der Waals surface area (Å²) in [6, 6.07) is 7.51. The van der Waals surface area contributed by atoms with E-state index in [1.807, 2.05) is 12.1 Å². The van der Waals surface area contributed by atoms with Crippen LogP contribution in [0.3, 0.4) is 0 Å². The Morgan fingerprint density at radius 2 is 1.83 bits per heavy atom. The molecule has 100 valence electrons. The van der Waals surface area contributed by atoms with Gasteiger partial charge < -0.3 is 9.47 Å². The van der Waals surface area contributed by atoms with E-state index in [0.717, 1.165) is 4.43 Å². The average molecular weight is 474 g/mol. The Balaban J connectivity index is 2.61. The molecular weight excluding hydrogens is 458 g/mol. The van der Waals surface area contributed by atoms with Crippen LogP contribution in [0.2, 0.25) is 0 Å². The van der Waals surface area contributed by atoms with Crippen molar-refractivity contribution in [2.75, 3.05) is 4.43 Å². The summed E-state index contributed by atoms with van der Waals surface area (Å²) in [5.41, 5.74) is 0.687. The maximum Gasteiger partial charge on any atom is 0.514 e. The van der Waals surface area contributed by atoms with Crippen molar-refractivity contribution in [1.29, 1.82) is 0 Å². The van der Waals surface area contributed by atoms with Crippen LogP contribution in [-0.2, 0) is 4.74 Å². The van der Waals surface area contributed by atoms with Crippen LogP contribution in [0.25, 0.3) is 0 Å². The average Bonchev–Trinajstić information content (AvgIpc) is 2.26. The minimum absolute atomic E-state index is 0.471. The molecule has 0 saturated carbocycles. The van der Waals surface area contributed by atoms with Gasteiger partial charge in [0.25, 0.3) is 0 Å². The van der Waals surface area contributed by atoms with Crippen LogP contribution in [0.5, 0.6) is 5.75 Å². The third-order valence-electron chi connectivity index (χ3n) is 1.97. The lowest BCUT2D eigenvalue weighted by atomic mass is 10.2. The number of alkyl halides is 2. The highest BCUT2D eigenvalue weighted by Crippen LogP contribution is 2.27. The number of carbonyl (C=O) groups excluding carboxylic acids is 1. The topological polar surface area (TPSA) is 35.5 Å². The predicted octanol–water partition coefficient (Wildman–Crippen LogP) is 4.91. The SMILES string of the molecule is CC(C)(C)OC(=O)Oc1ccc(C(I)CI)cc1.